The average Bonchev–Trinajstić information content (AvgIpc) is 2.89. The van der Waals surface area contributed by atoms with E-state index >= 15 is 0 Å². The summed E-state index contributed by atoms with van der Waals surface area (Å²) in [7, 11) is 3.17. The summed E-state index contributed by atoms with van der Waals surface area (Å²) in [6.07, 6.45) is 1.61. The predicted octanol–water partition coefficient (Wildman–Crippen LogP) is 1.43. The van der Waals surface area contributed by atoms with Crippen LogP contribution in [0, 0.1) is 0 Å². The predicted molar refractivity (Wildman–Crippen MR) is 70.0 cm³/mol. The van der Waals surface area contributed by atoms with E-state index in [9.17, 15) is 4.79 Å². The van der Waals surface area contributed by atoms with Crippen molar-refractivity contribution in [3.8, 4) is 17.0 Å². The quantitative estimate of drug-likeness (QED) is 0.758. The van der Waals surface area contributed by atoms with Gasteiger partial charge in [-0.05, 0) is 19.2 Å². The zero-order valence-corrected chi connectivity index (χ0v) is 10.7. The van der Waals surface area contributed by atoms with Crippen molar-refractivity contribution in [1.29, 1.82) is 0 Å². The van der Waals surface area contributed by atoms with Gasteiger partial charge in [-0.25, -0.2) is 4.98 Å². The second kappa shape index (κ2) is 5.53. The van der Waals surface area contributed by atoms with Crippen molar-refractivity contribution in [1.82, 2.24) is 15.3 Å². The van der Waals surface area contributed by atoms with Gasteiger partial charge in [-0.1, -0.05) is 12.1 Å². The number of ether oxygens (including phenoxy) is 1. The molecule has 0 aliphatic rings. The summed E-state index contributed by atoms with van der Waals surface area (Å²) in [6, 6.07) is 6.61. The van der Waals surface area contributed by atoms with Crippen molar-refractivity contribution >= 4 is 5.97 Å². The molecule has 1 unspecified atom stereocenters. The minimum atomic E-state index is -0.978. The zero-order valence-electron chi connectivity index (χ0n) is 10.7. The summed E-state index contributed by atoms with van der Waals surface area (Å²) in [5.74, 6) is 0.124. The summed E-state index contributed by atoms with van der Waals surface area (Å²) in [4.78, 5) is 18.1. The van der Waals surface area contributed by atoms with Gasteiger partial charge < -0.3 is 20.1 Å². The topological polar surface area (TPSA) is 87.2 Å². The number of benzene rings is 1. The molecule has 0 saturated carbocycles. The Bertz CT molecular complexity index is 580. The van der Waals surface area contributed by atoms with E-state index in [-0.39, 0.29) is 0 Å². The van der Waals surface area contributed by atoms with Crippen LogP contribution in [0.3, 0.4) is 0 Å². The number of carboxylic acids is 1. The molecule has 0 saturated heterocycles. The standard InChI is InChI=1S/C13H15N3O3/c1-14-11(13(17)18)12-15-7-10(16-12)8-4-3-5-9(6-8)19-2/h3-7,11,14H,1-2H3,(H,15,16)(H,17,18). The first-order valence-corrected chi connectivity index (χ1v) is 5.75. The number of aliphatic carboxylic acids is 1. The number of methoxy groups -OCH3 is 1. The fourth-order valence-corrected chi connectivity index (χ4v) is 1.80. The summed E-state index contributed by atoms with van der Waals surface area (Å²) in [6.45, 7) is 0. The molecule has 0 aliphatic carbocycles. The molecule has 2 aromatic rings. The molecule has 3 N–H and O–H groups in total. The lowest BCUT2D eigenvalue weighted by Gasteiger charge is -2.07. The highest BCUT2D eigenvalue weighted by Crippen LogP contribution is 2.23. The summed E-state index contributed by atoms with van der Waals surface area (Å²) in [5, 5.41) is 11.7. The van der Waals surface area contributed by atoms with Crippen molar-refractivity contribution in [2.24, 2.45) is 0 Å². The van der Waals surface area contributed by atoms with E-state index < -0.39 is 12.0 Å². The fraction of sp³-hybridized carbons (Fsp3) is 0.231. The average molecular weight is 261 g/mol. The number of aromatic amines is 1. The Morgan fingerprint density at radius 3 is 2.95 bits per heavy atom. The van der Waals surface area contributed by atoms with Crippen LogP contribution in [0.5, 0.6) is 5.75 Å². The van der Waals surface area contributed by atoms with Crippen LogP contribution in [0.1, 0.15) is 11.9 Å². The highest BCUT2D eigenvalue weighted by molar-refractivity contribution is 5.74. The number of carboxylic acid groups (broad SMARTS) is 1. The van der Waals surface area contributed by atoms with E-state index in [2.05, 4.69) is 15.3 Å². The van der Waals surface area contributed by atoms with Gasteiger partial charge in [0.25, 0.3) is 0 Å². The van der Waals surface area contributed by atoms with Gasteiger partial charge in [0.15, 0.2) is 6.04 Å². The Hall–Kier alpha value is -2.34. The molecule has 6 nitrogen and oxygen atoms in total. The molecule has 100 valence electrons. The number of nitrogens with zero attached hydrogens (tertiary/aromatic N) is 1. The maximum absolute atomic E-state index is 11.0. The smallest absolute Gasteiger partial charge is 0.328 e. The van der Waals surface area contributed by atoms with Crippen LogP contribution in [0.2, 0.25) is 0 Å². The van der Waals surface area contributed by atoms with Crippen LogP contribution in [0.15, 0.2) is 30.5 Å². The Kier molecular flexibility index (Phi) is 3.82. The third-order valence-corrected chi connectivity index (χ3v) is 2.79. The number of likely N-dealkylation sites (N-methyl/N-ethyl adjacent to an activating group) is 1. The zero-order chi connectivity index (χ0) is 13.8. The lowest BCUT2D eigenvalue weighted by molar-refractivity contribution is -0.139. The van der Waals surface area contributed by atoms with Gasteiger partial charge in [0, 0.05) is 5.56 Å². The van der Waals surface area contributed by atoms with E-state index in [4.69, 9.17) is 9.84 Å². The number of nitrogens with one attached hydrogen (secondary N) is 2. The largest absolute Gasteiger partial charge is 0.497 e. The Morgan fingerprint density at radius 1 is 1.53 bits per heavy atom. The molecule has 0 aliphatic heterocycles. The minimum absolute atomic E-state index is 0.368. The number of H-pyrrole nitrogens is 1. The van der Waals surface area contributed by atoms with Crippen LogP contribution < -0.4 is 10.1 Å². The van der Waals surface area contributed by atoms with Gasteiger partial charge in [0.2, 0.25) is 0 Å². The van der Waals surface area contributed by atoms with Gasteiger partial charge >= 0.3 is 5.97 Å². The van der Waals surface area contributed by atoms with Gasteiger partial charge in [-0.15, -0.1) is 0 Å². The molecule has 19 heavy (non-hydrogen) atoms. The summed E-state index contributed by atoms with van der Waals surface area (Å²) in [5.41, 5.74) is 1.63. The molecule has 0 spiro atoms. The second-order valence-electron chi connectivity index (χ2n) is 3.97. The first-order chi connectivity index (χ1) is 9.15. The number of imidazole rings is 1. The molecule has 0 amide bonds. The second-order valence-corrected chi connectivity index (χ2v) is 3.97. The number of hydrogen-bond donors (Lipinski definition) is 3. The Balaban J connectivity index is 2.32. The molecule has 0 radical (unpaired) electrons. The van der Waals surface area contributed by atoms with Gasteiger partial charge in [-0.2, -0.15) is 0 Å². The highest BCUT2D eigenvalue weighted by atomic mass is 16.5. The Morgan fingerprint density at radius 2 is 2.32 bits per heavy atom. The summed E-state index contributed by atoms with van der Waals surface area (Å²) >= 11 is 0. The first kappa shape index (κ1) is 13.1. The molecule has 2 rings (SSSR count). The molecule has 1 atom stereocenters. The van der Waals surface area contributed by atoms with Crippen LogP contribution in [0.4, 0.5) is 0 Å². The van der Waals surface area contributed by atoms with Crippen molar-refractivity contribution in [2.45, 2.75) is 6.04 Å². The van der Waals surface area contributed by atoms with Gasteiger partial charge in [0.1, 0.15) is 11.6 Å². The first-order valence-electron chi connectivity index (χ1n) is 5.75. The van der Waals surface area contributed by atoms with Gasteiger partial charge in [0.05, 0.1) is 19.0 Å². The van der Waals surface area contributed by atoms with E-state index in [1.807, 2.05) is 24.3 Å². The molecule has 6 heteroatoms. The maximum Gasteiger partial charge on any atom is 0.328 e. The van der Waals surface area contributed by atoms with E-state index in [1.165, 1.54) is 0 Å². The molecule has 1 aromatic carbocycles. The monoisotopic (exact) mass is 261 g/mol. The molecular weight excluding hydrogens is 246 g/mol. The van der Waals surface area contributed by atoms with Crippen LogP contribution >= 0.6 is 0 Å². The molecule has 0 fully saturated rings. The SMILES string of the molecule is CNC(C(=O)O)c1ncc(-c2cccc(OC)c2)[nH]1. The number of rotatable bonds is 5. The third kappa shape index (κ3) is 2.74. The molecular formula is C13H15N3O3. The maximum atomic E-state index is 11.0. The van der Waals surface area contributed by atoms with Crippen molar-refractivity contribution < 1.29 is 14.6 Å². The van der Waals surface area contributed by atoms with Crippen molar-refractivity contribution in [2.75, 3.05) is 14.2 Å². The van der Waals surface area contributed by atoms with Gasteiger partial charge in [-0.3, -0.25) is 4.79 Å². The minimum Gasteiger partial charge on any atom is -0.497 e. The van der Waals surface area contributed by atoms with Crippen LogP contribution in [-0.4, -0.2) is 35.2 Å². The molecule has 1 aromatic heterocycles. The van der Waals surface area contributed by atoms with Crippen LogP contribution in [0.25, 0.3) is 11.3 Å². The lowest BCUT2D eigenvalue weighted by Crippen LogP contribution is -2.26. The highest BCUT2D eigenvalue weighted by Gasteiger charge is 2.20. The third-order valence-electron chi connectivity index (χ3n) is 2.79. The lowest BCUT2D eigenvalue weighted by atomic mass is 10.1. The van der Waals surface area contributed by atoms with Crippen molar-refractivity contribution in [3.05, 3.63) is 36.3 Å². The normalized spacial score (nSPS) is 12.1. The van der Waals surface area contributed by atoms with Crippen molar-refractivity contribution in [3.63, 3.8) is 0 Å². The molecule has 1 heterocycles. The van der Waals surface area contributed by atoms with E-state index in [1.54, 1.807) is 20.4 Å². The fourth-order valence-electron chi connectivity index (χ4n) is 1.80. The number of aromatic nitrogens is 2. The van der Waals surface area contributed by atoms with E-state index in [0.717, 1.165) is 17.0 Å². The number of carbonyl (C=O) groups is 1. The molecule has 0 bridgehead atoms. The summed E-state index contributed by atoms with van der Waals surface area (Å²) < 4.78 is 5.15. The van der Waals surface area contributed by atoms with E-state index in [0.29, 0.717) is 5.82 Å². The number of hydrogen-bond acceptors (Lipinski definition) is 4. The Labute approximate surface area is 110 Å². The van der Waals surface area contributed by atoms with Crippen LogP contribution in [-0.2, 0) is 4.79 Å².